The van der Waals surface area contributed by atoms with Crippen LogP contribution in [-0.2, 0) is 9.53 Å². The molecule has 2 heterocycles. The minimum absolute atomic E-state index is 0.0475. The van der Waals surface area contributed by atoms with Crippen molar-refractivity contribution in [1.82, 2.24) is 9.80 Å². The summed E-state index contributed by atoms with van der Waals surface area (Å²) >= 11 is 0. The van der Waals surface area contributed by atoms with Gasteiger partial charge in [-0.2, -0.15) is 10.5 Å². The second-order valence-electron chi connectivity index (χ2n) is 8.30. The predicted octanol–water partition coefficient (Wildman–Crippen LogP) is 3.11. The summed E-state index contributed by atoms with van der Waals surface area (Å²) in [5.74, 6) is 0.0475. The first-order chi connectivity index (χ1) is 16.1. The van der Waals surface area contributed by atoms with Gasteiger partial charge in [-0.05, 0) is 47.5 Å². The zero-order valence-electron chi connectivity index (χ0n) is 18.5. The number of likely N-dealkylation sites (tertiary alicyclic amines) is 1. The zero-order chi connectivity index (χ0) is 23.0. The van der Waals surface area contributed by atoms with Crippen molar-refractivity contribution in [3.8, 4) is 12.1 Å². The van der Waals surface area contributed by atoms with Gasteiger partial charge < -0.3 is 4.74 Å². The van der Waals surface area contributed by atoms with Gasteiger partial charge in [0.2, 0.25) is 0 Å². The third-order valence-electron chi connectivity index (χ3n) is 5.97. The van der Waals surface area contributed by atoms with E-state index in [1.54, 1.807) is 24.3 Å². The fraction of sp³-hybridized carbons (Fsp3) is 0.296. The number of hydrogen-bond acceptors (Lipinski definition) is 6. The fourth-order valence-electron chi connectivity index (χ4n) is 4.09. The summed E-state index contributed by atoms with van der Waals surface area (Å²) in [5.41, 5.74) is 4.50. The maximum atomic E-state index is 13.3. The molecule has 2 saturated heterocycles. The lowest BCUT2D eigenvalue weighted by Crippen LogP contribution is -2.44. The molecule has 2 aliphatic rings. The Bertz CT molecular complexity index is 1050. The molecular formula is C27H26N4O2. The number of carbonyl (C=O) groups excluding carboxylic acids is 1. The van der Waals surface area contributed by atoms with Gasteiger partial charge in [-0.15, -0.1) is 0 Å². The molecule has 0 bridgehead atoms. The van der Waals surface area contributed by atoms with Crippen LogP contribution in [0.25, 0.3) is 12.2 Å². The lowest BCUT2D eigenvalue weighted by atomic mass is 9.94. The van der Waals surface area contributed by atoms with Crippen LogP contribution in [0.15, 0.2) is 59.7 Å². The molecule has 0 spiro atoms. The van der Waals surface area contributed by atoms with Crippen molar-refractivity contribution in [1.29, 1.82) is 10.5 Å². The minimum atomic E-state index is 0.0475. The summed E-state index contributed by atoms with van der Waals surface area (Å²) < 4.78 is 5.45. The van der Waals surface area contributed by atoms with Crippen LogP contribution in [0, 0.1) is 22.7 Å². The number of ether oxygens (including phenoxy) is 1. The van der Waals surface area contributed by atoms with Crippen molar-refractivity contribution in [2.24, 2.45) is 0 Å². The molecule has 0 amide bonds. The Balaban J connectivity index is 1.57. The standard InChI is InChI=1S/C27H26N4O2/c28-17-23-5-1-21(2-6-23)15-25-19-31(10-9-30-11-13-33-14-12-30)20-26(27(25)32)16-22-3-7-24(18-29)8-4-22/h1-8,15-16H,9-14,19-20H2. The first kappa shape index (κ1) is 22.6. The summed E-state index contributed by atoms with van der Waals surface area (Å²) in [5, 5.41) is 18.1. The van der Waals surface area contributed by atoms with Gasteiger partial charge in [-0.3, -0.25) is 14.6 Å². The van der Waals surface area contributed by atoms with Crippen molar-refractivity contribution >= 4 is 17.9 Å². The third kappa shape index (κ3) is 6.03. The minimum Gasteiger partial charge on any atom is -0.379 e. The highest BCUT2D eigenvalue weighted by Crippen LogP contribution is 2.22. The number of nitrogens with zero attached hydrogens (tertiary/aromatic N) is 4. The highest BCUT2D eigenvalue weighted by atomic mass is 16.5. The molecule has 166 valence electrons. The molecule has 0 unspecified atom stereocenters. The maximum absolute atomic E-state index is 13.3. The molecule has 0 aliphatic carbocycles. The van der Waals surface area contributed by atoms with E-state index in [-0.39, 0.29) is 5.78 Å². The second-order valence-corrected chi connectivity index (χ2v) is 8.30. The van der Waals surface area contributed by atoms with Crippen molar-refractivity contribution in [3.05, 3.63) is 81.9 Å². The molecule has 2 aromatic rings. The molecule has 6 nitrogen and oxygen atoms in total. The predicted molar refractivity (Wildman–Crippen MR) is 127 cm³/mol. The maximum Gasteiger partial charge on any atom is 0.187 e. The zero-order valence-corrected chi connectivity index (χ0v) is 18.5. The van der Waals surface area contributed by atoms with Gasteiger partial charge in [0.15, 0.2) is 5.78 Å². The fourth-order valence-corrected chi connectivity index (χ4v) is 4.09. The quantitative estimate of drug-likeness (QED) is 0.668. The smallest absolute Gasteiger partial charge is 0.187 e. The average Bonchev–Trinajstić information content (AvgIpc) is 2.87. The van der Waals surface area contributed by atoms with E-state index in [4.69, 9.17) is 15.3 Å². The molecule has 6 heteroatoms. The Labute approximate surface area is 194 Å². The van der Waals surface area contributed by atoms with Gasteiger partial charge in [0.25, 0.3) is 0 Å². The molecule has 2 aliphatic heterocycles. The Morgan fingerprint density at radius 2 is 1.21 bits per heavy atom. The normalized spacial score (nSPS) is 20.0. The largest absolute Gasteiger partial charge is 0.379 e. The third-order valence-corrected chi connectivity index (χ3v) is 5.97. The lowest BCUT2D eigenvalue weighted by Gasteiger charge is -2.33. The van der Waals surface area contributed by atoms with E-state index in [0.717, 1.165) is 61.7 Å². The van der Waals surface area contributed by atoms with Crippen molar-refractivity contribution in [2.45, 2.75) is 0 Å². The summed E-state index contributed by atoms with van der Waals surface area (Å²) in [6.45, 7) is 6.40. The number of ketones is 1. The number of nitriles is 2. The van der Waals surface area contributed by atoms with Crippen LogP contribution in [-0.4, -0.2) is 68.1 Å². The summed E-state index contributed by atoms with van der Waals surface area (Å²) in [6.07, 6.45) is 3.86. The van der Waals surface area contributed by atoms with E-state index < -0.39 is 0 Å². The van der Waals surface area contributed by atoms with Crippen LogP contribution < -0.4 is 0 Å². The van der Waals surface area contributed by atoms with E-state index in [2.05, 4.69) is 21.9 Å². The number of Topliss-reactive ketones (excluding diaryl/α,β-unsaturated/α-hetero) is 1. The van der Waals surface area contributed by atoms with Gasteiger partial charge in [-0.1, -0.05) is 24.3 Å². The van der Waals surface area contributed by atoms with Crippen molar-refractivity contribution in [3.63, 3.8) is 0 Å². The van der Waals surface area contributed by atoms with E-state index >= 15 is 0 Å². The number of piperidine rings is 1. The van der Waals surface area contributed by atoms with E-state index in [1.807, 2.05) is 36.4 Å². The van der Waals surface area contributed by atoms with Crippen LogP contribution in [0.2, 0.25) is 0 Å². The lowest BCUT2D eigenvalue weighted by molar-refractivity contribution is -0.113. The number of hydrogen-bond donors (Lipinski definition) is 0. The van der Waals surface area contributed by atoms with Gasteiger partial charge in [0.1, 0.15) is 0 Å². The summed E-state index contributed by atoms with van der Waals surface area (Å²) in [4.78, 5) is 18.0. The topological polar surface area (TPSA) is 80.4 Å². The molecular weight excluding hydrogens is 412 g/mol. The highest BCUT2D eigenvalue weighted by molar-refractivity contribution is 6.14. The average molecular weight is 439 g/mol. The van der Waals surface area contributed by atoms with Crippen LogP contribution >= 0.6 is 0 Å². The van der Waals surface area contributed by atoms with Crippen LogP contribution in [0.4, 0.5) is 0 Å². The van der Waals surface area contributed by atoms with E-state index in [0.29, 0.717) is 24.2 Å². The van der Waals surface area contributed by atoms with Crippen LogP contribution in [0.5, 0.6) is 0 Å². The van der Waals surface area contributed by atoms with E-state index in [1.165, 1.54) is 0 Å². The molecule has 0 aromatic heterocycles. The molecule has 33 heavy (non-hydrogen) atoms. The molecule has 2 fully saturated rings. The molecule has 0 saturated carbocycles. The van der Waals surface area contributed by atoms with Gasteiger partial charge in [0, 0.05) is 50.4 Å². The second kappa shape index (κ2) is 10.8. The highest BCUT2D eigenvalue weighted by Gasteiger charge is 2.26. The van der Waals surface area contributed by atoms with Gasteiger partial charge >= 0.3 is 0 Å². The van der Waals surface area contributed by atoms with Gasteiger partial charge in [0.05, 0.1) is 36.5 Å². The van der Waals surface area contributed by atoms with Gasteiger partial charge in [-0.25, -0.2) is 0 Å². The Morgan fingerprint density at radius 3 is 1.67 bits per heavy atom. The Morgan fingerprint density at radius 1 is 0.758 bits per heavy atom. The molecule has 0 atom stereocenters. The number of benzene rings is 2. The summed E-state index contributed by atoms with van der Waals surface area (Å²) in [6, 6.07) is 18.8. The number of carbonyl (C=O) groups is 1. The molecule has 0 radical (unpaired) electrons. The van der Waals surface area contributed by atoms with E-state index in [9.17, 15) is 4.79 Å². The molecule has 4 rings (SSSR count). The Kier molecular flexibility index (Phi) is 7.44. The summed E-state index contributed by atoms with van der Waals surface area (Å²) in [7, 11) is 0. The Hall–Kier alpha value is -3.55. The van der Waals surface area contributed by atoms with Crippen LogP contribution in [0.1, 0.15) is 22.3 Å². The van der Waals surface area contributed by atoms with Crippen molar-refractivity contribution < 1.29 is 9.53 Å². The molecule has 0 N–H and O–H groups in total. The van der Waals surface area contributed by atoms with Crippen molar-refractivity contribution in [2.75, 3.05) is 52.5 Å². The number of rotatable bonds is 5. The number of morpholine rings is 1. The van der Waals surface area contributed by atoms with Crippen LogP contribution in [0.3, 0.4) is 0 Å². The first-order valence-electron chi connectivity index (χ1n) is 11.1. The monoisotopic (exact) mass is 438 g/mol. The SMILES string of the molecule is N#Cc1ccc(C=C2CN(CCN3CCOCC3)CC(=Cc3ccc(C#N)cc3)C2=O)cc1. The first-order valence-corrected chi connectivity index (χ1v) is 11.1. The molecule has 2 aromatic carbocycles.